The Kier molecular flexibility index (Phi) is 6.99. The highest BCUT2D eigenvalue weighted by Gasteiger charge is 2.11. The zero-order valence-corrected chi connectivity index (χ0v) is 13.8. The minimum atomic E-state index is -0.741. The van der Waals surface area contributed by atoms with Gasteiger partial charge in [0.05, 0.1) is 13.7 Å². The molecule has 0 radical (unpaired) electrons. The first-order valence-corrected chi connectivity index (χ1v) is 7.58. The smallest absolute Gasteiger partial charge is 0.414 e. The van der Waals surface area contributed by atoms with Crippen molar-refractivity contribution in [2.45, 2.75) is 13.2 Å². The molecule has 7 heteroatoms. The van der Waals surface area contributed by atoms with Gasteiger partial charge in [-0.2, -0.15) is 0 Å². The predicted molar refractivity (Wildman–Crippen MR) is 92.9 cm³/mol. The van der Waals surface area contributed by atoms with E-state index >= 15 is 0 Å². The number of nitrogens with one attached hydrogen (secondary N) is 2. The molecule has 0 atom stereocenters. The summed E-state index contributed by atoms with van der Waals surface area (Å²) in [4.78, 5) is 27.5. The summed E-state index contributed by atoms with van der Waals surface area (Å²) < 4.78 is 9.62. The van der Waals surface area contributed by atoms with Gasteiger partial charge in [-0.25, -0.2) is 14.6 Å². The molecule has 2 aromatic carbocycles. The van der Waals surface area contributed by atoms with Gasteiger partial charge in [0, 0.05) is 0 Å². The van der Waals surface area contributed by atoms with Crippen LogP contribution in [0, 0.1) is 0 Å². The van der Waals surface area contributed by atoms with Gasteiger partial charge in [0.25, 0.3) is 0 Å². The Balaban J connectivity index is 1.94. The van der Waals surface area contributed by atoms with Crippen LogP contribution in [-0.4, -0.2) is 25.3 Å². The number of hydrogen-bond acceptors (Lipinski definition) is 5. The Morgan fingerprint density at radius 1 is 0.880 bits per heavy atom. The lowest BCUT2D eigenvalue weighted by atomic mass is 10.2. The van der Waals surface area contributed by atoms with Crippen LogP contribution in [0.1, 0.15) is 11.1 Å². The summed E-state index contributed by atoms with van der Waals surface area (Å²) in [5.74, 6) is -0.0474. The largest absolute Gasteiger partial charge is 0.453 e. The maximum absolute atomic E-state index is 11.9. The van der Waals surface area contributed by atoms with Crippen molar-refractivity contribution < 1.29 is 19.1 Å². The molecular weight excluding hydrogens is 322 g/mol. The number of carbonyl (C=O) groups excluding carboxylic acids is 2. The predicted octanol–water partition coefficient (Wildman–Crippen LogP) is 2.83. The fourth-order valence-electron chi connectivity index (χ4n) is 1.87. The summed E-state index contributed by atoms with van der Waals surface area (Å²) in [5, 5.41) is 4.74. The lowest BCUT2D eigenvalue weighted by Crippen LogP contribution is -2.44. The lowest BCUT2D eigenvalue weighted by Gasteiger charge is -2.10. The van der Waals surface area contributed by atoms with Crippen molar-refractivity contribution in [3.63, 3.8) is 0 Å². The third kappa shape index (κ3) is 6.74. The SMILES string of the molecule is COC(=O)NC(=NCc1ccccc1)NC(=O)OCc1ccccc1. The molecule has 0 heterocycles. The molecule has 2 aromatic rings. The summed E-state index contributed by atoms with van der Waals surface area (Å²) >= 11 is 0. The summed E-state index contributed by atoms with van der Waals surface area (Å²) in [6.07, 6.45) is -1.47. The zero-order chi connectivity index (χ0) is 17.9. The average Bonchev–Trinajstić information content (AvgIpc) is 2.66. The second-order valence-electron chi connectivity index (χ2n) is 4.95. The van der Waals surface area contributed by atoms with Crippen LogP contribution in [0.25, 0.3) is 0 Å². The molecule has 0 aromatic heterocycles. The average molecular weight is 341 g/mol. The fraction of sp³-hybridized carbons (Fsp3) is 0.167. The van der Waals surface area contributed by atoms with Crippen LogP contribution in [0.2, 0.25) is 0 Å². The van der Waals surface area contributed by atoms with Crippen LogP contribution in [0.15, 0.2) is 65.7 Å². The molecule has 2 N–H and O–H groups in total. The molecule has 0 aliphatic carbocycles. The molecule has 0 fully saturated rings. The van der Waals surface area contributed by atoms with Crippen LogP contribution in [-0.2, 0) is 22.6 Å². The summed E-state index contributed by atoms with van der Waals surface area (Å²) in [5.41, 5.74) is 1.77. The summed E-state index contributed by atoms with van der Waals surface area (Å²) in [6, 6.07) is 18.6. The second kappa shape index (κ2) is 9.71. The van der Waals surface area contributed by atoms with E-state index in [9.17, 15) is 9.59 Å². The molecule has 7 nitrogen and oxygen atoms in total. The molecule has 0 saturated carbocycles. The van der Waals surface area contributed by atoms with Gasteiger partial charge in [0.1, 0.15) is 6.61 Å². The Hall–Kier alpha value is -3.35. The molecule has 0 unspecified atom stereocenters. The zero-order valence-electron chi connectivity index (χ0n) is 13.8. The monoisotopic (exact) mass is 341 g/mol. The number of nitrogens with zero attached hydrogens (tertiary/aromatic N) is 1. The molecule has 130 valence electrons. The number of carbonyl (C=O) groups is 2. The molecule has 2 rings (SSSR count). The van der Waals surface area contributed by atoms with Crippen LogP contribution in [0.4, 0.5) is 9.59 Å². The quantitative estimate of drug-likeness (QED) is 0.661. The van der Waals surface area contributed by atoms with E-state index in [1.54, 1.807) is 0 Å². The minimum Gasteiger partial charge on any atom is -0.453 e. The van der Waals surface area contributed by atoms with Crippen molar-refractivity contribution in [2.24, 2.45) is 4.99 Å². The van der Waals surface area contributed by atoms with Gasteiger partial charge in [0.15, 0.2) is 0 Å². The molecule has 0 aliphatic heterocycles. The number of rotatable bonds is 4. The number of guanidine groups is 1. The van der Waals surface area contributed by atoms with Crippen LogP contribution in [0.5, 0.6) is 0 Å². The van der Waals surface area contributed by atoms with E-state index in [0.717, 1.165) is 11.1 Å². The summed E-state index contributed by atoms with van der Waals surface area (Å²) in [7, 11) is 1.22. The van der Waals surface area contributed by atoms with Gasteiger partial charge < -0.3 is 9.47 Å². The Morgan fingerprint density at radius 3 is 2.04 bits per heavy atom. The van der Waals surface area contributed by atoms with Gasteiger partial charge in [-0.05, 0) is 11.1 Å². The molecule has 0 spiro atoms. The van der Waals surface area contributed by atoms with E-state index in [-0.39, 0.29) is 19.1 Å². The normalized spacial score (nSPS) is 10.7. The Bertz CT molecular complexity index is 718. The summed E-state index contributed by atoms with van der Waals surface area (Å²) in [6.45, 7) is 0.385. The van der Waals surface area contributed by atoms with Crippen LogP contribution >= 0.6 is 0 Å². The first-order chi connectivity index (χ1) is 12.2. The van der Waals surface area contributed by atoms with E-state index in [2.05, 4.69) is 20.4 Å². The van der Waals surface area contributed by atoms with Crippen molar-refractivity contribution >= 4 is 18.1 Å². The van der Waals surface area contributed by atoms with E-state index in [0.29, 0.717) is 0 Å². The molecule has 0 bridgehead atoms. The highest BCUT2D eigenvalue weighted by molar-refractivity contribution is 6.01. The van der Waals surface area contributed by atoms with E-state index in [1.165, 1.54) is 7.11 Å². The van der Waals surface area contributed by atoms with Gasteiger partial charge in [-0.1, -0.05) is 60.7 Å². The van der Waals surface area contributed by atoms with Gasteiger partial charge in [-0.15, -0.1) is 0 Å². The molecule has 25 heavy (non-hydrogen) atoms. The number of amides is 2. The van der Waals surface area contributed by atoms with Crippen LogP contribution in [0.3, 0.4) is 0 Å². The van der Waals surface area contributed by atoms with Crippen molar-refractivity contribution in [2.75, 3.05) is 7.11 Å². The highest BCUT2D eigenvalue weighted by Crippen LogP contribution is 2.01. The van der Waals surface area contributed by atoms with Crippen LogP contribution < -0.4 is 10.6 Å². The van der Waals surface area contributed by atoms with Crippen molar-refractivity contribution in [3.05, 3.63) is 71.8 Å². The fourth-order valence-corrected chi connectivity index (χ4v) is 1.87. The molecule has 2 amide bonds. The van der Waals surface area contributed by atoms with E-state index < -0.39 is 12.2 Å². The topological polar surface area (TPSA) is 89.0 Å². The molecular formula is C18H19N3O4. The standard InChI is InChI=1S/C18H19N3O4/c1-24-17(22)20-16(19-12-14-8-4-2-5-9-14)21-18(23)25-13-15-10-6-3-7-11-15/h2-11H,12-13H2,1H3,(H2,19,20,21,22,23). The third-order valence-electron chi connectivity index (χ3n) is 3.10. The first kappa shape index (κ1) is 18.0. The number of ether oxygens (including phenoxy) is 2. The minimum absolute atomic E-state index is 0.0474. The maximum Gasteiger partial charge on any atom is 0.414 e. The Morgan fingerprint density at radius 2 is 1.44 bits per heavy atom. The number of benzene rings is 2. The van der Waals surface area contributed by atoms with Gasteiger partial charge in [-0.3, -0.25) is 10.6 Å². The third-order valence-corrected chi connectivity index (χ3v) is 3.10. The maximum atomic E-state index is 11.9. The highest BCUT2D eigenvalue weighted by atomic mass is 16.6. The van der Waals surface area contributed by atoms with E-state index in [4.69, 9.17) is 4.74 Å². The van der Waals surface area contributed by atoms with Crippen molar-refractivity contribution in [3.8, 4) is 0 Å². The number of alkyl carbamates (subject to hydrolysis) is 2. The lowest BCUT2D eigenvalue weighted by molar-refractivity contribution is 0.144. The first-order valence-electron chi connectivity index (χ1n) is 7.58. The number of aliphatic imine (C=N–C) groups is 1. The van der Waals surface area contributed by atoms with Gasteiger partial charge in [0.2, 0.25) is 5.96 Å². The number of methoxy groups -OCH3 is 1. The van der Waals surface area contributed by atoms with Crippen molar-refractivity contribution in [1.82, 2.24) is 10.6 Å². The second-order valence-corrected chi connectivity index (χ2v) is 4.95. The van der Waals surface area contributed by atoms with Gasteiger partial charge >= 0.3 is 12.2 Å². The Labute approximate surface area is 145 Å². The molecule has 0 aliphatic rings. The van der Waals surface area contributed by atoms with Crippen molar-refractivity contribution in [1.29, 1.82) is 0 Å². The molecule has 0 saturated heterocycles. The van der Waals surface area contributed by atoms with E-state index in [1.807, 2.05) is 60.7 Å². The number of hydrogen-bond donors (Lipinski definition) is 2.